The molecule has 19 heavy (non-hydrogen) atoms. The summed E-state index contributed by atoms with van der Waals surface area (Å²) in [5.41, 5.74) is 0.469. The number of halogens is 2. The van der Waals surface area contributed by atoms with E-state index in [2.05, 4.69) is 15.3 Å². The maximum atomic E-state index is 11.1. The van der Waals surface area contributed by atoms with E-state index in [-0.39, 0.29) is 0 Å². The molecule has 0 heterocycles. The molecule has 0 saturated carbocycles. The van der Waals surface area contributed by atoms with Gasteiger partial charge < -0.3 is 15.3 Å². The quantitative estimate of drug-likeness (QED) is 0.616. The molecule has 0 fully saturated rings. The zero-order valence-electron chi connectivity index (χ0n) is 9.60. The van der Waals surface area contributed by atoms with Crippen LogP contribution in [0, 0.1) is 0 Å². The molecule has 0 bridgehead atoms. The van der Waals surface area contributed by atoms with Gasteiger partial charge in [0.05, 0.1) is 16.3 Å². The fraction of sp³-hybridized carbons (Fsp3) is 0.182. The van der Waals surface area contributed by atoms with Crippen LogP contribution in [-0.2, 0) is 14.4 Å². The van der Waals surface area contributed by atoms with Crippen molar-refractivity contribution in [1.29, 1.82) is 0 Å². The highest BCUT2D eigenvalue weighted by atomic mass is 35.5. The second-order valence-corrected chi connectivity index (χ2v) is 4.13. The van der Waals surface area contributed by atoms with Gasteiger partial charge in [-0.25, -0.2) is 0 Å². The zero-order chi connectivity index (χ0) is 14.3. The minimum absolute atomic E-state index is 0.397. The molecule has 2 N–H and O–H groups in total. The van der Waals surface area contributed by atoms with Gasteiger partial charge in [-0.15, -0.1) is 0 Å². The summed E-state index contributed by atoms with van der Waals surface area (Å²) in [5, 5.41) is 14.8. The molecule has 1 aromatic rings. The Morgan fingerprint density at radius 3 is 2.58 bits per heavy atom. The summed E-state index contributed by atoms with van der Waals surface area (Å²) < 4.78 is 0. The fourth-order valence-electron chi connectivity index (χ4n) is 1.05. The number of carboxylic acids is 1. The largest absolute Gasteiger partial charge is 0.480 e. The average Bonchev–Trinajstić information content (AvgIpc) is 2.35. The first-order valence-electron chi connectivity index (χ1n) is 5.08. The van der Waals surface area contributed by atoms with Gasteiger partial charge in [-0.1, -0.05) is 34.4 Å². The van der Waals surface area contributed by atoms with Gasteiger partial charge >= 0.3 is 5.97 Å². The number of carboxylic acid groups (broad SMARTS) is 1. The number of aliphatic carboxylic acids is 1. The summed E-state index contributed by atoms with van der Waals surface area (Å²) in [6, 6.07) is 4.95. The molecule has 0 unspecified atom stereocenters. The Kier molecular flexibility index (Phi) is 6.11. The number of oxime groups is 1. The third-order valence-electron chi connectivity index (χ3n) is 1.89. The highest BCUT2D eigenvalue weighted by Crippen LogP contribution is 2.22. The molecule has 1 amide bonds. The molecule has 0 aliphatic carbocycles. The molecule has 0 atom stereocenters. The first-order chi connectivity index (χ1) is 9.00. The number of rotatable bonds is 6. The number of hydrogen-bond acceptors (Lipinski definition) is 4. The van der Waals surface area contributed by atoms with Crippen LogP contribution < -0.4 is 5.32 Å². The third kappa shape index (κ3) is 5.58. The number of benzene rings is 1. The Morgan fingerprint density at radius 1 is 1.37 bits per heavy atom. The lowest BCUT2D eigenvalue weighted by molar-refractivity contribution is -0.138. The van der Waals surface area contributed by atoms with Crippen molar-refractivity contribution in [1.82, 2.24) is 5.32 Å². The van der Waals surface area contributed by atoms with E-state index < -0.39 is 25.0 Å². The molecule has 0 aliphatic rings. The number of carbonyl (C=O) groups excluding carboxylic acids is 1. The Morgan fingerprint density at radius 2 is 2.00 bits per heavy atom. The smallest absolute Gasteiger partial charge is 0.322 e. The summed E-state index contributed by atoms with van der Waals surface area (Å²) in [6.45, 7) is -0.867. The molecule has 0 spiro atoms. The van der Waals surface area contributed by atoms with E-state index in [1.54, 1.807) is 18.2 Å². The van der Waals surface area contributed by atoms with Crippen molar-refractivity contribution in [3.05, 3.63) is 33.8 Å². The standard InChI is InChI=1S/C11H10Cl2N2O4/c12-8-2-1-3-9(13)7(8)4-15-19-6-10(16)14-5-11(17)18/h1-4H,5-6H2,(H,14,16)(H,17,18). The summed E-state index contributed by atoms with van der Waals surface area (Å²) in [6.07, 6.45) is 1.27. The van der Waals surface area contributed by atoms with Crippen molar-refractivity contribution in [3.8, 4) is 0 Å². The van der Waals surface area contributed by atoms with Crippen molar-refractivity contribution in [2.75, 3.05) is 13.2 Å². The van der Waals surface area contributed by atoms with Crippen LogP contribution in [-0.4, -0.2) is 36.3 Å². The normalized spacial score (nSPS) is 10.4. The molecule has 6 nitrogen and oxygen atoms in total. The monoisotopic (exact) mass is 304 g/mol. The van der Waals surface area contributed by atoms with Crippen LogP contribution >= 0.6 is 23.2 Å². The molecular formula is C11H10Cl2N2O4. The van der Waals surface area contributed by atoms with Gasteiger partial charge in [0.15, 0.2) is 6.61 Å². The Balaban J connectivity index is 2.42. The Bertz CT molecular complexity index is 485. The Hall–Kier alpha value is -1.79. The van der Waals surface area contributed by atoms with E-state index in [1.165, 1.54) is 6.21 Å². The summed E-state index contributed by atoms with van der Waals surface area (Å²) in [5.74, 6) is -1.73. The number of nitrogens with zero attached hydrogens (tertiary/aromatic N) is 1. The van der Waals surface area contributed by atoms with Gasteiger partial charge in [-0.3, -0.25) is 9.59 Å². The SMILES string of the molecule is O=C(O)CNC(=O)CON=Cc1c(Cl)cccc1Cl. The van der Waals surface area contributed by atoms with E-state index in [1.807, 2.05) is 0 Å². The van der Waals surface area contributed by atoms with E-state index >= 15 is 0 Å². The van der Waals surface area contributed by atoms with Gasteiger partial charge in [0.25, 0.3) is 5.91 Å². The molecule has 102 valence electrons. The van der Waals surface area contributed by atoms with E-state index in [0.29, 0.717) is 15.6 Å². The maximum absolute atomic E-state index is 11.1. The van der Waals surface area contributed by atoms with Crippen LogP contribution in [0.5, 0.6) is 0 Å². The predicted molar refractivity (Wildman–Crippen MR) is 70.7 cm³/mol. The number of hydrogen-bond donors (Lipinski definition) is 2. The molecular weight excluding hydrogens is 295 g/mol. The zero-order valence-corrected chi connectivity index (χ0v) is 11.1. The van der Waals surface area contributed by atoms with Crippen LogP contribution in [0.25, 0.3) is 0 Å². The summed E-state index contributed by atoms with van der Waals surface area (Å²) in [4.78, 5) is 25.9. The van der Waals surface area contributed by atoms with Crippen LogP contribution in [0.2, 0.25) is 10.0 Å². The van der Waals surface area contributed by atoms with Crippen molar-refractivity contribution < 1.29 is 19.5 Å². The van der Waals surface area contributed by atoms with Crippen molar-refractivity contribution in [3.63, 3.8) is 0 Å². The lowest BCUT2D eigenvalue weighted by Crippen LogP contribution is -2.31. The van der Waals surface area contributed by atoms with Crippen LogP contribution in [0.15, 0.2) is 23.4 Å². The van der Waals surface area contributed by atoms with Gasteiger partial charge in [0.2, 0.25) is 0 Å². The second kappa shape index (κ2) is 7.60. The number of carbonyl (C=O) groups is 2. The second-order valence-electron chi connectivity index (χ2n) is 3.31. The topological polar surface area (TPSA) is 88.0 Å². The van der Waals surface area contributed by atoms with E-state index in [4.69, 9.17) is 28.3 Å². The minimum Gasteiger partial charge on any atom is -0.480 e. The first-order valence-corrected chi connectivity index (χ1v) is 5.84. The van der Waals surface area contributed by atoms with Crippen LogP contribution in [0.3, 0.4) is 0 Å². The summed E-state index contributed by atoms with van der Waals surface area (Å²) >= 11 is 11.8. The molecule has 1 rings (SSSR count). The molecule has 1 aromatic carbocycles. The lowest BCUT2D eigenvalue weighted by Gasteiger charge is -2.02. The van der Waals surface area contributed by atoms with E-state index in [9.17, 15) is 9.59 Å². The predicted octanol–water partition coefficient (Wildman–Crippen LogP) is 1.54. The highest BCUT2D eigenvalue weighted by molar-refractivity contribution is 6.38. The van der Waals surface area contributed by atoms with Crippen molar-refractivity contribution >= 4 is 41.3 Å². The van der Waals surface area contributed by atoms with Gasteiger partial charge in [0, 0.05) is 5.56 Å². The minimum atomic E-state index is -1.14. The summed E-state index contributed by atoms with van der Waals surface area (Å²) in [7, 11) is 0. The van der Waals surface area contributed by atoms with Crippen molar-refractivity contribution in [2.45, 2.75) is 0 Å². The Labute approximate surface area is 118 Å². The first kappa shape index (κ1) is 15.3. The van der Waals surface area contributed by atoms with Gasteiger partial charge in [-0.2, -0.15) is 0 Å². The molecule has 0 aromatic heterocycles. The molecule has 0 radical (unpaired) electrons. The van der Waals surface area contributed by atoms with Crippen LogP contribution in [0.4, 0.5) is 0 Å². The number of nitrogens with one attached hydrogen (secondary N) is 1. The van der Waals surface area contributed by atoms with E-state index in [0.717, 1.165) is 0 Å². The molecule has 8 heteroatoms. The fourth-order valence-corrected chi connectivity index (χ4v) is 1.54. The van der Waals surface area contributed by atoms with Gasteiger partial charge in [0.1, 0.15) is 6.54 Å². The average molecular weight is 305 g/mol. The lowest BCUT2D eigenvalue weighted by atomic mass is 10.2. The maximum Gasteiger partial charge on any atom is 0.322 e. The molecule has 0 aliphatic heterocycles. The van der Waals surface area contributed by atoms with Crippen molar-refractivity contribution in [2.24, 2.45) is 5.16 Å². The molecule has 0 saturated heterocycles. The number of amides is 1. The third-order valence-corrected chi connectivity index (χ3v) is 2.55. The van der Waals surface area contributed by atoms with Gasteiger partial charge in [-0.05, 0) is 12.1 Å². The highest BCUT2D eigenvalue weighted by Gasteiger charge is 2.04. The van der Waals surface area contributed by atoms with Crippen LogP contribution in [0.1, 0.15) is 5.56 Å².